The molecule has 0 saturated carbocycles. The van der Waals surface area contributed by atoms with Crippen molar-refractivity contribution in [3.63, 3.8) is 0 Å². The van der Waals surface area contributed by atoms with Crippen molar-refractivity contribution < 1.29 is 9.18 Å². The minimum absolute atomic E-state index is 0.153. The van der Waals surface area contributed by atoms with Gasteiger partial charge in [-0.05, 0) is 42.8 Å². The molecule has 1 amide bonds. The Morgan fingerprint density at radius 2 is 1.64 bits per heavy atom. The zero-order valence-corrected chi connectivity index (χ0v) is 20.8. The van der Waals surface area contributed by atoms with Crippen molar-refractivity contribution in [2.45, 2.75) is 13.3 Å². The first-order valence-electron chi connectivity index (χ1n) is 11.9. The third-order valence-corrected chi connectivity index (χ3v) is 6.71. The van der Waals surface area contributed by atoms with Crippen LogP contribution in [0.5, 0.6) is 0 Å². The first kappa shape index (κ1) is 23.9. The fourth-order valence-electron chi connectivity index (χ4n) is 4.50. The topological polar surface area (TPSA) is 49.3 Å². The number of nitrogens with zero attached hydrogens (tertiary/aromatic N) is 4. The molecule has 5 rings (SSSR count). The first-order valence-corrected chi connectivity index (χ1v) is 12.3. The minimum Gasteiger partial charge on any atom is -0.353 e. The summed E-state index contributed by atoms with van der Waals surface area (Å²) < 4.78 is 13.6. The van der Waals surface area contributed by atoms with Crippen molar-refractivity contribution in [1.82, 2.24) is 14.9 Å². The maximum absolute atomic E-state index is 13.6. The van der Waals surface area contributed by atoms with Crippen LogP contribution in [-0.2, 0) is 6.42 Å². The average Bonchev–Trinajstić information content (AvgIpc) is 2.91. The van der Waals surface area contributed by atoms with E-state index in [1.54, 1.807) is 17.0 Å². The number of halogens is 2. The molecule has 2 heterocycles. The number of carbonyl (C=O) groups is 1. The Kier molecular flexibility index (Phi) is 6.96. The van der Waals surface area contributed by atoms with E-state index in [0.717, 1.165) is 28.2 Å². The second-order valence-corrected chi connectivity index (χ2v) is 9.33. The van der Waals surface area contributed by atoms with Gasteiger partial charge in [-0.15, -0.1) is 0 Å². The Morgan fingerprint density at radius 3 is 2.33 bits per heavy atom. The molecule has 36 heavy (non-hydrogen) atoms. The summed E-state index contributed by atoms with van der Waals surface area (Å²) >= 11 is 6.09. The lowest BCUT2D eigenvalue weighted by molar-refractivity contribution is 0.0746. The molecule has 0 unspecified atom stereocenters. The van der Waals surface area contributed by atoms with Crippen LogP contribution < -0.4 is 4.90 Å². The fourth-order valence-corrected chi connectivity index (χ4v) is 4.62. The number of aryl methyl sites for hydroxylation is 1. The maximum Gasteiger partial charge on any atom is 0.254 e. The molecule has 1 aromatic heterocycles. The van der Waals surface area contributed by atoms with Gasteiger partial charge in [0, 0.05) is 60.0 Å². The van der Waals surface area contributed by atoms with Crippen LogP contribution in [-0.4, -0.2) is 47.0 Å². The van der Waals surface area contributed by atoms with E-state index in [1.807, 2.05) is 61.5 Å². The Morgan fingerprint density at radius 1 is 0.917 bits per heavy atom. The molecule has 0 spiro atoms. The minimum atomic E-state index is -0.406. The van der Waals surface area contributed by atoms with E-state index in [1.165, 1.54) is 12.1 Å². The number of hydrogen-bond acceptors (Lipinski definition) is 4. The van der Waals surface area contributed by atoms with Gasteiger partial charge in [-0.25, -0.2) is 14.4 Å². The van der Waals surface area contributed by atoms with Crippen LogP contribution >= 0.6 is 11.6 Å². The summed E-state index contributed by atoms with van der Waals surface area (Å²) in [6.07, 6.45) is 0.676. The molecule has 1 aliphatic rings. The van der Waals surface area contributed by atoms with Crippen molar-refractivity contribution >= 4 is 23.3 Å². The second kappa shape index (κ2) is 10.5. The molecule has 1 fully saturated rings. The van der Waals surface area contributed by atoms with Crippen molar-refractivity contribution in [3.05, 3.63) is 112 Å². The predicted molar refractivity (Wildman–Crippen MR) is 141 cm³/mol. The van der Waals surface area contributed by atoms with Crippen molar-refractivity contribution in [2.24, 2.45) is 0 Å². The van der Waals surface area contributed by atoms with Gasteiger partial charge in [0.05, 0.1) is 0 Å². The highest BCUT2D eigenvalue weighted by Gasteiger charge is 2.26. The highest BCUT2D eigenvalue weighted by molar-refractivity contribution is 6.30. The molecule has 3 aromatic carbocycles. The lowest BCUT2D eigenvalue weighted by Crippen LogP contribution is -2.49. The highest BCUT2D eigenvalue weighted by atomic mass is 35.5. The predicted octanol–water partition coefficient (Wildman–Crippen LogP) is 5.80. The molecule has 0 radical (unpaired) electrons. The zero-order chi connectivity index (χ0) is 25.1. The molecule has 1 aliphatic heterocycles. The van der Waals surface area contributed by atoms with Gasteiger partial charge in [-0.1, -0.05) is 60.1 Å². The lowest BCUT2D eigenvalue weighted by Gasteiger charge is -2.36. The van der Waals surface area contributed by atoms with Crippen LogP contribution in [0.15, 0.2) is 78.9 Å². The summed E-state index contributed by atoms with van der Waals surface area (Å²) in [7, 11) is 0. The van der Waals surface area contributed by atoms with Crippen LogP contribution in [0.2, 0.25) is 5.02 Å². The van der Waals surface area contributed by atoms with E-state index < -0.39 is 5.82 Å². The number of carbonyl (C=O) groups excluding carboxylic acids is 1. The number of hydrogen-bond donors (Lipinski definition) is 0. The summed E-state index contributed by atoms with van der Waals surface area (Å²) in [4.78, 5) is 26.8. The van der Waals surface area contributed by atoms with Gasteiger partial charge >= 0.3 is 0 Å². The number of aromatic nitrogens is 2. The highest BCUT2D eigenvalue weighted by Crippen LogP contribution is 2.29. The summed E-state index contributed by atoms with van der Waals surface area (Å²) in [6.45, 7) is 4.32. The van der Waals surface area contributed by atoms with Crippen LogP contribution in [0.25, 0.3) is 11.4 Å². The molecular weight excluding hydrogens is 475 g/mol. The standard InChI is InChI=1S/C29H26ClFN4O/c1-20-26(18-21-10-12-24(30)13-11-21)28(33-27(32-20)22-6-3-2-4-7-22)34-14-16-35(17-15-34)29(36)23-8-5-9-25(31)19-23/h2-13,19H,14-18H2,1H3. The quantitative estimate of drug-likeness (QED) is 0.347. The summed E-state index contributed by atoms with van der Waals surface area (Å²) in [5.74, 6) is 1.01. The van der Waals surface area contributed by atoms with E-state index in [-0.39, 0.29) is 5.91 Å². The molecule has 0 bridgehead atoms. The monoisotopic (exact) mass is 500 g/mol. The number of piperazine rings is 1. The van der Waals surface area contributed by atoms with Crippen LogP contribution in [0.4, 0.5) is 10.2 Å². The number of amides is 1. The van der Waals surface area contributed by atoms with E-state index in [4.69, 9.17) is 21.6 Å². The SMILES string of the molecule is Cc1nc(-c2ccccc2)nc(N2CCN(C(=O)c3cccc(F)c3)CC2)c1Cc1ccc(Cl)cc1. The van der Waals surface area contributed by atoms with Gasteiger partial charge in [0.2, 0.25) is 0 Å². The smallest absolute Gasteiger partial charge is 0.254 e. The molecule has 0 N–H and O–H groups in total. The normalized spacial score (nSPS) is 13.6. The van der Waals surface area contributed by atoms with E-state index >= 15 is 0 Å². The van der Waals surface area contributed by atoms with Gasteiger partial charge < -0.3 is 9.80 Å². The largest absolute Gasteiger partial charge is 0.353 e. The Balaban J connectivity index is 1.44. The third kappa shape index (κ3) is 5.24. The van der Waals surface area contributed by atoms with Gasteiger partial charge in [0.1, 0.15) is 11.6 Å². The van der Waals surface area contributed by atoms with Crippen LogP contribution in [0, 0.1) is 12.7 Å². The summed E-state index contributed by atoms with van der Waals surface area (Å²) in [6, 6.07) is 23.6. The van der Waals surface area contributed by atoms with Crippen molar-refractivity contribution in [1.29, 1.82) is 0 Å². The number of benzene rings is 3. The summed E-state index contributed by atoms with van der Waals surface area (Å²) in [5, 5.41) is 0.699. The Bertz CT molecular complexity index is 1370. The van der Waals surface area contributed by atoms with E-state index in [2.05, 4.69) is 4.90 Å². The molecule has 182 valence electrons. The maximum atomic E-state index is 13.6. The molecule has 5 nitrogen and oxygen atoms in total. The Labute approximate surface area is 215 Å². The fraction of sp³-hybridized carbons (Fsp3) is 0.207. The molecule has 1 saturated heterocycles. The van der Waals surface area contributed by atoms with Gasteiger partial charge in [-0.2, -0.15) is 0 Å². The molecular formula is C29H26ClFN4O. The van der Waals surface area contributed by atoms with Crippen LogP contribution in [0.3, 0.4) is 0 Å². The number of rotatable bonds is 5. The van der Waals surface area contributed by atoms with E-state index in [0.29, 0.717) is 49.0 Å². The van der Waals surface area contributed by atoms with Gasteiger partial charge in [0.25, 0.3) is 5.91 Å². The average molecular weight is 501 g/mol. The van der Waals surface area contributed by atoms with E-state index in [9.17, 15) is 9.18 Å². The van der Waals surface area contributed by atoms with Crippen molar-refractivity contribution in [2.75, 3.05) is 31.1 Å². The van der Waals surface area contributed by atoms with Crippen molar-refractivity contribution in [3.8, 4) is 11.4 Å². The second-order valence-electron chi connectivity index (χ2n) is 8.89. The number of anilines is 1. The molecule has 0 atom stereocenters. The lowest BCUT2D eigenvalue weighted by atomic mass is 10.0. The molecule has 7 heteroatoms. The zero-order valence-electron chi connectivity index (χ0n) is 20.0. The first-order chi connectivity index (χ1) is 17.5. The Hall–Kier alpha value is -3.77. The summed E-state index contributed by atoms with van der Waals surface area (Å²) in [5.41, 5.74) is 4.43. The third-order valence-electron chi connectivity index (χ3n) is 6.46. The molecule has 4 aromatic rings. The van der Waals surface area contributed by atoms with Crippen LogP contribution in [0.1, 0.15) is 27.2 Å². The molecule has 0 aliphatic carbocycles. The van der Waals surface area contributed by atoms with Gasteiger partial charge in [0.15, 0.2) is 5.82 Å². The van der Waals surface area contributed by atoms with Gasteiger partial charge in [-0.3, -0.25) is 4.79 Å².